The normalized spacial score (nSPS) is 17.6. The van der Waals surface area contributed by atoms with Crippen molar-refractivity contribution in [3.05, 3.63) is 33.8 Å². The highest BCUT2D eigenvalue weighted by atomic mass is 35.5. The molecule has 1 atom stereocenters. The molecule has 14 heavy (non-hydrogen) atoms. The summed E-state index contributed by atoms with van der Waals surface area (Å²) in [5.41, 5.74) is 9.83. The van der Waals surface area contributed by atoms with Crippen molar-refractivity contribution in [3.8, 4) is 0 Å². The first-order valence-electron chi connectivity index (χ1n) is 5.25. The second-order valence-corrected chi connectivity index (χ2v) is 4.55. The lowest BCUT2D eigenvalue weighted by Crippen LogP contribution is -2.09. The second kappa shape index (κ2) is 3.92. The van der Waals surface area contributed by atoms with E-state index in [4.69, 9.17) is 17.3 Å². The van der Waals surface area contributed by atoms with E-state index in [-0.39, 0.29) is 6.04 Å². The summed E-state index contributed by atoms with van der Waals surface area (Å²) in [5, 5.41) is 0.834. The molecule has 76 valence electrons. The molecule has 1 aromatic carbocycles. The molecule has 0 heterocycles. The highest BCUT2D eigenvalue weighted by molar-refractivity contribution is 6.31. The summed E-state index contributed by atoms with van der Waals surface area (Å²) >= 11 is 6.18. The number of fused-ring (bicyclic) bond motifs is 1. The summed E-state index contributed by atoms with van der Waals surface area (Å²) in [4.78, 5) is 0. The molecule has 0 aliphatic heterocycles. The minimum Gasteiger partial charge on any atom is -0.324 e. The van der Waals surface area contributed by atoms with Crippen molar-refractivity contribution < 1.29 is 0 Å². The van der Waals surface area contributed by atoms with Gasteiger partial charge in [-0.05, 0) is 55.4 Å². The van der Waals surface area contributed by atoms with E-state index in [9.17, 15) is 0 Å². The molecule has 1 aliphatic carbocycles. The molecule has 0 unspecified atom stereocenters. The largest absolute Gasteiger partial charge is 0.324 e. The Morgan fingerprint density at radius 2 is 1.79 bits per heavy atom. The zero-order chi connectivity index (χ0) is 10.1. The third-order valence-corrected chi connectivity index (χ3v) is 3.28. The maximum Gasteiger partial charge on any atom is 0.0456 e. The fourth-order valence-corrected chi connectivity index (χ4v) is 2.48. The van der Waals surface area contributed by atoms with Crippen molar-refractivity contribution in [3.63, 3.8) is 0 Å². The van der Waals surface area contributed by atoms with Crippen LogP contribution in [-0.4, -0.2) is 0 Å². The molecule has 0 amide bonds. The van der Waals surface area contributed by atoms with Gasteiger partial charge in [0.25, 0.3) is 0 Å². The van der Waals surface area contributed by atoms with Crippen LogP contribution in [0.1, 0.15) is 42.5 Å². The molecule has 1 nitrogen and oxygen atoms in total. The van der Waals surface area contributed by atoms with E-state index in [0.717, 1.165) is 10.6 Å². The highest BCUT2D eigenvalue weighted by Gasteiger charge is 2.13. The Morgan fingerprint density at radius 3 is 2.36 bits per heavy atom. The van der Waals surface area contributed by atoms with Gasteiger partial charge in [0, 0.05) is 11.1 Å². The zero-order valence-corrected chi connectivity index (χ0v) is 9.27. The third-order valence-electron chi connectivity index (χ3n) is 2.95. The van der Waals surface area contributed by atoms with Gasteiger partial charge in [-0.2, -0.15) is 0 Å². The van der Waals surface area contributed by atoms with E-state index >= 15 is 0 Å². The average molecular weight is 210 g/mol. The standard InChI is InChI=1S/C12H16ClN/c1-8(14)11-6-9-4-2-3-5-10(9)7-12(11)13/h6-8H,2-5,14H2,1H3/t8-/m1/s1. The second-order valence-electron chi connectivity index (χ2n) is 4.14. The summed E-state index contributed by atoms with van der Waals surface area (Å²) in [7, 11) is 0. The van der Waals surface area contributed by atoms with E-state index in [1.807, 2.05) is 6.92 Å². The smallest absolute Gasteiger partial charge is 0.0456 e. The van der Waals surface area contributed by atoms with E-state index in [0.29, 0.717) is 0 Å². The Labute approximate surface area is 90.3 Å². The average Bonchev–Trinajstić information content (AvgIpc) is 2.16. The molecule has 0 aromatic heterocycles. The summed E-state index contributed by atoms with van der Waals surface area (Å²) in [6.07, 6.45) is 4.95. The minimum atomic E-state index is 0.0368. The van der Waals surface area contributed by atoms with Crippen molar-refractivity contribution in [2.75, 3.05) is 0 Å². The van der Waals surface area contributed by atoms with Crippen LogP contribution in [0.2, 0.25) is 5.02 Å². The number of rotatable bonds is 1. The van der Waals surface area contributed by atoms with E-state index in [1.165, 1.54) is 36.8 Å². The predicted octanol–water partition coefficient (Wildman–Crippen LogP) is 3.24. The number of aryl methyl sites for hydroxylation is 2. The number of hydrogen-bond acceptors (Lipinski definition) is 1. The van der Waals surface area contributed by atoms with Gasteiger partial charge in [-0.15, -0.1) is 0 Å². The van der Waals surface area contributed by atoms with Gasteiger partial charge < -0.3 is 5.73 Å². The Kier molecular flexibility index (Phi) is 2.80. The van der Waals surface area contributed by atoms with Crippen molar-refractivity contribution in [2.45, 2.75) is 38.6 Å². The highest BCUT2D eigenvalue weighted by Crippen LogP contribution is 2.29. The maximum atomic E-state index is 6.18. The van der Waals surface area contributed by atoms with Crippen molar-refractivity contribution in [1.82, 2.24) is 0 Å². The Balaban J connectivity index is 2.45. The van der Waals surface area contributed by atoms with E-state index < -0.39 is 0 Å². The number of halogens is 1. The number of benzene rings is 1. The molecule has 0 radical (unpaired) electrons. The van der Waals surface area contributed by atoms with Gasteiger partial charge in [0.2, 0.25) is 0 Å². The summed E-state index contributed by atoms with van der Waals surface area (Å²) in [6, 6.07) is 4.34. The van der Waals surface area contributed by atoms with Crippen LogP contribution in [0.4, 0.5) is 0 Å². The van der Waals surface area contributed by atoms with Gasteiger partial charge in [0.05, 0.1) is 0 Å². The summed E-state index contributed by atoms with van der Waals surface area (Å²) in [5.74, 6) is 0. The Bertz CT molecular complexity index is 344. The lowest BCUT2D eigenvalue weighted by Gasteiger charge is -2.19. The molecule has 2 rings (SSSR count). The van der Waals surface area contributed by atoms with Crippen LogP contribution in [0.3, 0.4) is 0 Å². The van der Waals surface area contributed by atoms with Crippen molar-refractivity contribution in [2.24, 2.45) is 5.73 Å². The topological polar surface area (TPSA) is 26.0 Å². The van der Waals surface area contributed by atoms with Gasteiger partial charge in [0.1, 0.15) is 0 Å². The van der Waals surface area contributed by atoms with Gasteiger partial charge in [0.15, 0.2) is 0 Å². The monoisotopic (exact) mass is 209 g/mol. The van der Waals surface area contributed by atoms with Gasteiger partial charge in [-0.1, -0.05) is 17.7 Å². The zero-order valence-electron chi connectivity index (χ0n) is 8.52. The molecule has 0 saturated carbocycles. The van der Waals surface area contributed by atoms with E-state index in [2.05, 4.69) is 12.1 Å². The lowest BCUT2D eigenvalue weighted by atomic mass is 9.89. The van der Waals surface area contributed by atoms with Crippen LogP contribution in [-0.2, 0) is 12.8 Å². The van der Waals surface area contributed by atoms with Crippen molar-refractivity contribution in [1.29, 1.82) is 0 Å². The third kappa shape index (κ3) is 1.79. The lowest BCUT2D eigenvalue weighted by molar-refractivity contribution is 0.681. The fraction of sp³-hybridized carbons (Fsp3) is 0.500. The molecule has 0 saturated heterocycles. The van der Waals surface area contributed by atoms with Crippen molar-refractivity contribution >= 4 is 11.6 Å². The van der Waals surface area contributed by atoms with Crippen LogP contribution in [0.5, 0.6) is 0 Å². The molecular weight excluding hydrogens is 194 g/mol. The quantitative estimate of drug-likeness (QED) is 0.755. The fourth-order valence-electron chi connectivity index (χ4n) is 2.12. The van der Waals surface area contributed by atoms with Crippen LogP contribution in [0.15, 0.2) is 12.1 Å². The minimum absolute atomic E-state index is 0.0368. The summed E-state index contributed by atoms with van der Waals surface area (Å²) in [6.45, 7) is 1.98. The Hall–Kier alpha value is -0.530. The van der Waals surface area contributed by atoms with Crippen LogP contribution < -0.4 is 5.73 Å². The SMILES string of the molecule is C[C@@H](N)c1cc2c(cc1Cl)CCCC2. The van der Waals surface area contributed by atoms with Gasteiger partial charge >= 0.3 is 0 Å². The first-order valence-corrected chi connectivity index (χ1v) is 5.63. The first kappa shape index (κ1) is 10.0. The molecule has 0 bridgehead atoms. The molecule has 1 aliphatic rings. The Morgan fingerprint density at radius 1 is 1.21 bits per heavy atom. The van der Waals surface area contributed by atoms with Crippen LogP contribution in [0.25, 0.3) is 0 Å². The predicted molar refractivity (Wildman–Crippen MR) is 60.7 cm³/mol. The summed E-state index contributed by atoms with van der Waals surface area (Å²) < 4.78 is 0. The molecule has 0 spiro atoms. The molecule has 2 heteroatoms. The molecule has 2 N–H and O–H groups in total. The van der Waals surface area contributed by atoms with Crippen LogP contribution in [0, 0.1) is 0 Å². The number of hydrogen-bond donors (Lipinski definition) is 1. The molecule has 0 fully saturated rings. The van der Waals surface area contributed by atoms with Gasteiger partial charge in [-0.25, -0.2) is 0 Å². The van der Waals surface area contributed by atoms with E-state index in [1.54, 1.807) is 0 Å². The number of nitrogens with two attached hydrogens (primary N) is 1. The van der Waals surface area contributed by atoms with Gasteiger partial charge in [-0.3, -0.25) is 0 Å². The maximum absolute atomic E-state index is 6.18. The first-order chi connectivity index (χ1) is 6.68. The van der Waals surface area contributed by atoms with Crippen LogP contribution >= 0.6 is 11.6 Å². The molecule has 1 aromatic rings. The molecular formula is C12H16ClN.